The van der Waals surface area contributed by atoms with Crippen LogP contribution in [0.1, 0.15) is 56.9 Å². The van der Waals surface area contributed by atoms with Gasteiger partial charge in [0.2, 0.25) is 0 Å². The topological polar surface area (TPSA) is 134 Å². The minimum absolute atomic E-state index is 0.0145. The van der Waals surface area contributed by atoms with E-state index in [1.165, 1.54) is 24.3 Å². The first-order valence-corrected chi connectivity index (χ1v) is 11.9. The van der Waals surface area contributed by atoms with Gasteiger partial charge in [-0.1, -0.05) is 24.3 Å². The molecule has 0 radical (unpaired) electrons. The molecule has 38 heavy (non-hydrogen) atoms. The van der Waals surface area contributed by atoms with E-state index in [4.69, 9.17) is 9.47 Å². The van der Waals surface area contributed by atoms with Crippen LogP contribution in [-0.4, -0.2) is 32.0 Å². The number of rotatable bonds is 2. The van der Waals surface area contributed by atoms with Gasteiger partial charge in [0.25, 0.3) is 0 Å². The molecule has 4 aromatic carbocycles. The number of ketones is 2. The Balaban J connectivity index is 0.000000155. The van der Waals surface area contributed by atoms with E-state index >= 15 is 0 Å². The molecule has 2 aliphatic rings. The van der Waals surface area contributed by atoms with E-state index in [0.717, 1.165) is 11.1 Å². The molecule has 0 amide bonds. The lowest BCUT2D eigenvalue weighted by Gasteiger charge is -2.25. The summed E-state index contributed by atoms with van der Waals surface area (Å²) in [6, 6.07) is 22.1. The molecule has 0 saturated heterocycles. The van der Waals surface area contributed by atoms with Crippen molar-refractivity contribution in [3.05, 3.63) is 107 Å². The van der Waals surface area contributed by atoms with Crippen molar-refractivity contribution in [3.63, 3.8) is 0 Å². The molecular formula is C30H24O8. The second kappa shape index (κ2) is 10.2. The van der Waals surface area contributed by atoms with Crippen LogP contribution in [0.3, 0.4) is 0 Å². The Bertz CT molecular complexity index is 1380. The average Bonchev–Trinajstić information content (AvgIpc) is 2.89. The fourth-order valence-electron chi connectivity index (χ4n) is 4.37. The van der Waals surface area contributed by atoms with Crippen LogP contribution in [-0.2, 0) is 0 Å². The highest BCUT2D eigenvalue weighted by Crippen LogP contribution is 2.38. The number of phenols is 4. The van der Waals surface area contributed by atoms with Gasteiger partial charge < -0.3 is 29.9 Å². The maximum Gasteiger partial charge on any atom is 0.170 e. The highest BCUT2D eigenvalue weighted by atomic mass is 16.5. The lowest BCUT2D eigenvalue weighted by Crippen LogP contribution is -2.20. The number of Topliss-reactive ketones (excluding diaryl/α,β-unsaturated/α-hetero) is 2. The fraction of sp³-hybridized carbons (Fsp3) is 0.133. The summed E-state index contributed by atoms with van der Waals surface area (Å²) in [5.74, 6) is 1.24. The zero-order valence-corrected chi connectivity index (χ0v) is 20.1. The van der Waals surface area contributed by atoms with Gasteiger partial charge in [-0.3, -0.25) is 9.59 Å². The van der Waals surface area contributed by atoms with Crippen LogP contribution in [0.4, 0.5) is 0 Å². The van der Waals surface area contributed by atoms with Crippen molar-refractivity contribution in [1.29, 1.82) is 0 Å². The molecule has 192 valence electrons. The first kappa shape index (κ1) is 24.7. The molecule has 2 heterocycles. The maximum atomic E-state index is 12.0. The van der Waals surface area contributed by atoms with Gasteiger partial charge in [-0.15, -0.1) is 0 Å². The van der Waals surface area contributed by atoms with E-state index in [2.05, 4.69) is 0 Å². The Morgan fingerprint density at radius 3 is 1.21 bits per heavy atom. The summed E-state index contributed by atoms with van der Waals surface area (Å²) in [7, 11) is 0. The van der Waals surface area contributed by atoms with Crippen LogP contribution in [0.25, 0.3) is 0 Å². The van der Waals surface area contributed by atoms with Crippen LogP contribution in [0.5, 0.6) is 34.5 Å². The Morgan fingerprint density at radius 1 is 0.500 bits per heavy atom. The van der Waals surface area contributed by atoms with Crippen LogP contribution in [0.2, 0.25) is 0 Å². The number of fused-ring (bicyclic) bond motifs is 2. The molecule has 0 fully saturated rings. The normalized spacial score (nSPS) is 17.7. The lowest BCUT2D eigenvalue weighted by atomic mass is 9.96. The molecule has 4 N–H and O–H groups in total. The van der Waals surface area contributed by atoms with Crippen molar-refractivity contribution in [2.75, 3.05) is 0 Å². The van der Waals surface area contributed by atoms with Crippen molar-refractivity contribution in [1.82, 2.24) is 0 Å². The predicted octanol–water partition coefficient (Wildman–Crippen LogP) is 5.61. The van der Waals surface area contributed by atoms with Crippen molar-refractivity contribution < 1.29 is 39.5 Å². The number of carbonyl (C=O) groups is 2. The molecule has 6 rings (SSSR count). The summed E-state index contributed by atoms with van der Waals surface area (Å²) in [5.41, 5.74) is 2.63. The van der Waals surface area contributed by atoms with Gasteiger partial charge in [0, 0.05) is 12.1 Å². The summed E-state index contributed by atoms with van der Waals surface area (Å²) in [6.07, 6.45) is -0.268. The van der Waals surface area contributed by atoms with Crippen LogP contribution >= 0.6 is 0 Å². The number of benzene rings is 4. The molecule has 8 nitrogen and oxygen atoms in total. The highest BCUT2D eigenvalue weighted by Gasteiger charge is 2.29. The predicted molar refractivity (Wildman–Crippen MR) is 137 cm³/mol. The van der Waals surface area contributed by atoms with Gasteiger partial charge in [-0.2, -0.15) is 0 Å². The molecule has 0 bridgehead atoms. The zero-order chi connectivity index (χ0) is 26.8. The summed E-state index contributed by atoms with van der Waals surface area (Å²) in [5, 5.41) is 37.4. The molecule has 0 unspecified atom stereocenters. The molecular weight excluding hydrogens is 488 g/mol. The number of phenolic OH excluding ortho intramolecular Hbond substituents is 4. The Morgan fingerprint density at radius 2 is 0.842 bits per heavy atom. The number of hydrogen-bond donors (Lipinski definition) is 4. The van der Waals surface area contributed by atoms with Crippen molar-refractivity contribution in [3.8, 4) is 34.5 Å². The van der Waals surface area contributed by atoms with E-state index in [0.29, 0.717) is 22.6 Å². The van der Waals surface area contributed by atoms with Crippen LogP contribution in [0, 0.1) is 0 Å². The van der Waals surface area contributed by atoms with Gasteiger partial charge in [0.15, 0.2) is 11.6 Å². The SMILES string of the molecule is O=C1C[C@@H](c2ccc(O)cc2)Oc2cc(O)ccc21.O=C1C[C@@H](c2ccc(O)cc2)Oc2cc(O)ccc21. The minimum atomic E-state index is -0.387. The molecule has 4 aromatic rings. The first-order chi connectivity index (χ1) is 18.3. The van der Waals surface area contributed by atoms with Crippen LogP contribution < -0.4 is 9.47 Å². The van der Waals surface area contributed by atoms with Gasteiger partial charge in [-0.25, -0.2) is 0 Å². The van der Waals surface area contributed by atoms with E-state index in [1.54, 1.807) is 60.7 Å². The molecule has 0 saturated carbocycles. The lowest BCUT2D eigenvalue weighted by molar-refractivity contribution is 0.0840. The van der Waals surface area contributed by atoms with Crippen molar-refractivity contribution in [2.45, 2.75) is 25.0 Å². The summed E-state index contributed by atoms with van der Waals surface area (Å²) in [6.45, 7) is 0. The first-order valence-electron chi connectivity index (χ1n) is 11.9. The van der Waals surface area contributed by atoms with E-state index in [1.807, 2.05) is 0 Å². The van der Waals surface area contributed by atoms with Crippen molar-refractivity contribution in [2.24, 2.45) is 0 Å². The van der Waals surface area contributed by atoms with Gasteiger partial charge in [-0.05, 0) is 59.7 Å². The van der Waals surface area contributed by atoms with Gasteiger partial charge in [0.1, 0.15) is 46.7 Å². The largest absolute Gasteiger partial charge is 0.508 e. The van der Waals surface area contributed by atoms with E-state index in [-0.39, 0.29) is 59.6 Å². The van der Waals surface area contributed by atoms with Gasteiger partial charge >= 0.3 is 0 Å². The quantitative estimate of drug-likeness (QED) is 0.272. The zero-order valence-electron chi connectivity index (χ0n) is 20.1. The molecule has 2 atom stereocenters. The summed E-state index contributed by atoms with van der Waals surface area (Å²) in [4.78, 5) is 24.1. The molecule has 2 aliphatic heterocycles. The summed E-state index contributed by atoms with van der Waals surface area (Å²) < 4.78 is 11.5. The number of carbonyl (C=O) groups excluding carboxylic acids is 2. The Kier molecular flexibility index (Phi) is 6.62. The highest BCUT2D eigenvalue weighted by molar-refractivity contribution is 6.00. The Labute approximate surface area is 218 Å². The summed E-state index contributed by atoms with van der Waals surface area (Å²) >= 11 is 0. The average molecular weight is 513 g/mol. The standard InChI is InChI=1S/2C15H12O4/c2*16-10-3-1-9(2-4-10)14-8-13(18)12-6-5-11(17)7-15(12)19-14/h2*1-7,14,16-17H,8H2/t2*14-/m00/s1. The number of hydrogen-bond acceptors (Lipinski definition) is 8. The van der Waals surface area contributed by atoms with Gasteiger partial charge in [0.05, 0.1) is 24.0 Å². The molecule has 8 heteroatoms. The Hall–Kier alpha value is -4.98. The number of aromatic hydroxyl groups is 4. The third-order valence-electron chi connectivity index (χ3n) is 6.34. The smallest absolute Gasteiger partial charge is 0.170 e. The second-order valence-corrected chi connectivity index (χ2v) is 9.01. The number of ether oxygens (including phenoxy) is 2. The van der Waals surface area contributed by atoms with Crippen molar-refractivity contribution >= 4 is 11.6 Å². The fourth-order valence-corrected chi connectivity index (χ4v) is 4.37. The minimum Gasteiger partial charge on any atom is -0.508 e. The van der Waals surface area contributed by atoms with E-state index in [9.17, 15) is 30.0 Å². The molecule has 0 aliphatic carbocycles. The third kappa shape index (κ3) is 5.24. The maximum absolute atomic E-state index is 12.0. The molecule has 0 aromatic heterocycles. The molecule has 0 spiro atoms. The van der Waals surface area contributed by atoms with E-state index < -0.39 is 0 Å². The van der Waals surface area contributed by atoms with Crippen LogP contribution in [0.15, 0.2) is 84.9 Å². The second-order valence-electron chi connectivity index (χ2n) is 9.01. The monoisotopic (exact) mass is 512 g/mol. The third-order valence-corrected chi connectivity index (χ3v) is 6.34.